The van der Waals surface area contributed by atoms with Gasteiger partial charge in [-0.1, -0.05) is 29.8 Å². The minimum atomic E-state index is -0.456. The molecule has 126 valence electrons. The molecule has 0 saturated heterocycles. The molecule has 0 aliphatic carbocycles. The van der Waals surface area contributed by atoms with Gasteiger partial charge in [0, 0.05) is 17.3 Å². The molecule has 0 radical (unpaired) electrons. The van der Waals surface area contributed by atoms with E-state index in [0.29, 0.717) is 23.1 Å². The Bertz CT molecular complexity index is 869. The summed E-state index contributed by atoms with van der Waals surface area (Å²) in [6.45, 7) is 0.556. The van der Waals surface area contributed by atoms with E-state index in [4.69, 9.17) is 11.6 Å². The van der Waals surface area contributed by atoms with Crippen LogP contribution in [0.4, 0.5) is 15.9 Å². The number of carbonyl (C=O) groups is 1. The van der Waals surface area contributed by atoms with Crippen LogP contribution < -0.4 is 10.6 Å². The smallest absolute Gasteiger partial charge is 0.276 e. The number of nitrogens with one attached hydrogen (secondary N) is 2. The quantitative estimate of drug-likeness (QED) is 0.721. The summed E-state index contributed by atoms with van der Waals surface area (Å²) in [5.74, 6) is -0.342. The predicted octanol–water partition coefficient (Wildman–Crippen LogP) is 4.13. The molecule has 3 aromatic rings. The van der Waals surface area contributed by atoms with E-state index in [1.54, 1.807) is 18.2 Å². The Morgan fingerprint density at radius 3 is 2.52 bits per heavy atom. The van der Waals surface area contributed by atoms with E-state index in [1.165, 1.54) is 18.2 Å². The van der Waals surface area contributed by atoms with Gasteiger partial charge in [-0.05, 0) is 48.0 Å². The van der Waals surface area contributed by atoms with Crippen LogP contribution in [0.25, 0.3) is 0 Å². The molecular formula is C18H14ClFN4O. The lowest BCUT2D eigenvalue weighted by Crippen LogP contribution is -2.15. The first-order chi connectivity index (χ1) is 12.1. The van der Waals surface area contributed by atoms with E-state index in [0.717, 1.165) is 5.56 Å². The second-order valence-corrected chi connectivity index (χ2v) is 5.68. The monoisotopic (exact) mass is 356 g/mol. The second-order valence-electron chi connectivity index (χ2n) is 5.25. The van der Waals surface area contributed by atoms with Gasteiger partial charge in [0.2, 0.25) is 0 Å². The zero-order chi connectivity index (χ0) is 17.6. The van der Waals surface area contributed by atoms with Crippen molar-refractivity contribution in [3.05, 3.63) is 82.8 Å². The molecular weight excluding hydrogens is 343 g/mol. The molecule has 0 spiro atoms. The van der Waals surface area contributed by atoms with Crippen molar-refractivity contribution in [1.82, 2.24) is 10.2 Å². The standard InChI is InChI=1S/C18H14ClFN4O/c19-13-6-4-12(5-7-13)11-21-17-9-8-16(23-24-17)18(25)22-15-3-1-2-14(20)10-15/h1-10H,11H2,(H,21,24)(H,22,25). The third-order valence-corrected chi connectivity index (χ3v) is 3.62. The normalized spacial score (nSPS) is 10.3. The van der Waals surface area contributed by atoms with E-state index in [-0.39, 0.29) is 5.69 Å². The number of hydrogen-bond acceptors (Lipinski definition) is 4. The highest BCUT2D eigenvalue weighted by Gasteiger charge is 2.09. The number of aromatic nitrogens is 2. The number of carbonyl (C=O) groups excluding carboxylic acids is 1. The van der Waals surface area contributed by atoms with Crippen molar-refractivity contribution in [2.75, 3.05) is 10.6 Å². The zero-order valence-corrected chi connectivity index (χ0v) is 13.8. The number of benzene rings is 2. The topological polar surface area (TPSA) is 66.9 Å². The molecule has 2 N–H and O–H groups in total. The highest BCUT2D eigenvalue weighted by atomic mass is 35.5. The molecule has 0 bridgehead atoms. The Labute approximate surface area is 148 Å². The van der Waals surface area contributed by atoms with Crippen LogP contribution in [0.3, 0.4) is 0 Å². The number of nitrogens with zero attached hydrogens (tertiary/aromatic N) is 2. The number of hydrogen-bond donors (Lipinski definition) is 2. The predicted molar refractivity (Wildman–Crippen MR) is 95.2 cm³/mol. The number of halogens is 2. The molecule has 3 rings (SSSR count). The summed E-state index contributed by atoms with van der Waals surface area (Å²) >= 11 is 5.84. The first-order valence-corrected chi connectivity index (χ1v) is 7.87. The Morgan fingerprint density at radius 2 is 1.84 bits per heavy atom. The van der Waals surface area contributed by atoms with Crippen LogP contribution >= 0.6 is 11.6 Å². The van der Waals surface area contributed by atoms with Crippen LogP contribution in [0.15, 0.2) is 60.7 Å². The molecule has 0 fully saturated rings. The minimum Gasteiger partial charge on any atom is -0.365 e. The van der Waals surface area contributed by atoms with E-state index >= 15 is 0 Å². The fourth-order valence-electron chi connectivity index (χ4n) is 2.10. The van der Waals surface area contributed by atoms with Crippen LogP contribution in [0.5, 0.6) is 0 Å². The number of rotatable bonds is 5. The van der Waals surface area contributed by atoms with Crippen molar-refractivity contribution in [1.29, 1.82) is 0 Å². The maximum Gasteiger partial charge on any atom is 0.276 e. The van der Waals surface area contributed by atoms with Gasteiger partial charge in [0.05, 0.1) is 0 Å². The average Bonchev–Trinajstić information content (AvgIpc) is 2.62. The van der Waals surface area contributed by atoms with Crippen LogP contribution in [0, 0.1) is 5.82 Å². The van der Waals surface area contributed by atoms with Crippen molar-refractivity contribution < 1.29 is 9.18 Å². The molecule has 5 nitrogen and oxygen atoms in total. The van der Waals surface area contributed by atoms with Crippen molar-refractivity contribution in [3.8, 4) is 0 Å². The van der Waals surface area contributed by atoms with Crippen LogP contribution in [-0.4, -0.2) is 16.1 Å². The summed E-state index contributed by atoms with van der Waals surface area (Å²) in [7, 11) is 0. The van der Waals surface area contributed by atoms with E-state index in [1.807, 2.05) is 24.3 Å². The van der Waals surface area contributed by atoms with Crippen LogP contribution in [0.1, 0.15) is 16.1 Å². The summed E-state index contributed by atoms with van der Waals surface area (Å²) in [5.41, 5.74) is 1.54. The van der Waals surface area contributed by atoms with Crippen molar-refractivity contribution in [3.63, 3.8) is 0 Å². The first-order valence-electron chi connectivity index (χ1n) is 7.49. The lowest BCUT2D eigenvalue weighted by Gasteiger charge is -2.07. The molecule has 1 aromatic heterocycles. The Hall–Kier alpha value is -2.99. The fraction of sp³-hybridized carbons (Fsp3) is 0.0556. The summed E-state index contributed by atoms with van der Waals surface area (Å²) < 4.78 is 13.1. The third kappa shape index (κ3) is 4.74. The van der Waals surface area contributed by atoms with Gasteiger partial charge in [0.25, 0.3) is 5.91 Å². The maximum absolute atomic E-state index is 13.1. The summed E-state index contributed by atoms with van der Waals surface area (Å²) in [5, 5.41) is 14.2. The Morgan fingerprint density at radius 1 is 1.04 bits per heavy atom. The van der Waals surface area contributed by atoms with Crippen LogP contribution in [0.2, 0.25) is 5.02 Å². The first kappa shape index (κ1) is 16.9. The number of amides is 1. The largest absolute Gasteiger partial charge is 0.365 e. The average molecular weight is 357 g/mol. The molecule has 0 saturated carbocycles. The molecule has 7 heteroatoms. The van der Waals surface area contributed by atoms with Gasteiger partial charge in [0.15, 0.2) is 5.69 Å². The minimum absolute atomic E-state index is 0.140. The van der Waals surface area contributed by atoms with Gasteiger partial charge in [-0.3, -0.25) is 4.79 Å². The molecule has 0 atom stereocenters. The molecule has 25 heavy (non-hydrogen) atoms. The van der Waals surface area contributed by atoms with Crippen molar-refractivity contribution in [2.24, 2.45) is 0 Å². The molecule has 2 aromatic carbocycles. The summed E-state index contributed by atoms with van der Waals surface area (Å²) in [4.78, 5) is 12.1. The molecule has 0 aliphatic rings. The van der Waals surface area contributed by atoms with Crippen molar-refractivity contribution in [2.45, 2.75) is 6.54 Å². The fourth-order valence-corrected chi connectivity index (χ4v) is 2.23. The second kappa shape index (κ2) is 7.72. The molecule has 0 aliphatic heterocycles. The molecule has 0 unspecified atom stereocenters. The number of anilines is 2. The highest BCUT2D eigenvalue weighted by Crippen LogP contribution is 2.13. The van der Waals surface area contributed by atoms with Gasteiger partial charge in [0.1, 0.15) is 11.6 Å². The van der Waals surface area contributed by atoms with Gasteiger partial charge < -0.3 is 10.6 Å². The Kier molecular flexibility index (Phi) is 5.20. The zero-order valence-electron chi connectivity index (χ0n) is 13.0. The summed E-state index contributed by atoms with van der Waals surface area (Å²) in [6.07, 6.45) is 0. The molecule has 1 amide bonds. The SMILES string of the molecule is O=C(Nc1cccc(F)c1)c1ccc(NCc2ccc(Cl)cc2)nn1. The van der Waals surface area contributed by atoms with Gasteiger partial charge in [-0.25, -0.2) is 4.39 Å². The maximum atomic E-state index is 13.1. The van der Waals surface area contributed by atoms with E-state index in [9.17, 15) is 9.18 Å². The lowest BCUT2D eigenvalue weighted by molar-refractivity contribution is 0.102. The Balaban J connectivity index is 1.59. The molecule has 1 heterocycles. The van der Waals surface area contributed by atoms with E-state index < -0.39 is 11.7 Å². The lowest BCUT2D eigenvalue weighted by atomic mass is 10.2. The third-order valence-electron chi connectivity index (χ3n) is 3.37. The van der Waals surface area contributed by atoms with Gasteiger partial charge in [-0.15, -0.1) is 10.2 Å². The van der Waals surface area contributed by atoms with Crippen molar-refractivity contribution >= 4 is 29.0 Å². The van der Waals surface area contributed by atoms with E-state index in [2.05, 4.69) is 20.8 Å². The van der Waals surface area contributed by atoms with Gasteiger partial charge >= 0.3 is 0 Å². The van der Waals surface area contributed by atoms with Crippen LogP contribution in [-0.2, 0) is 6.54 Å². The van der Waals surface area contributed by atoms with Gasteiger partial charge in [-0.2, -0.15) is 0 Å². The summed E-state index contributed by atoms with van der Waals surface area (Å²) in [6, 6.07) is 16.3. The highest BCUT2D eigenvalue weighted by molar-refractivity contribution is 6.30.